The minimum atomic E-state index is -1.09. The van der Waals surface area contributed by atoms with Gasteiger partial charge in [0.25, 0.3) is 5.91 Å². The Kier molecular flexibility index (Phi) is 4.07. The number of carbonyl (C=O) groups is 2. The third-order valence-corrected chi connectivity index (χ3v) is 3.20. The lowest BCUT2D eigenvalue weighted by molar-refractivity contribution is -0.138. The number of hydrogen-bond acceptors (Lipinski definition) is 3. The molecule has 1 unspecified atom stereocenters. The largest absolute Gasteiger partial charge is 0.480 e. The number of aryl methyl sites for hydroxylation is 2. The maximum atomic E-state index is 11.9. The molecule has 0 bridgehead atoms. The Morgan fingerprint density at radius 1 is 1.29 bits per heavy atom. The van der Waals surface area contributed by atoms with E-state index in [0.717, 1.165) is 16.7 Å². The summed E-state index contributed by atoms with van der Waals surface area (Å²) in [4.78, 5) is 22.6. The van der Waals surface area contributed by atoms with Gasteiger partial charge in [-0.2, -0.15) is 5.10 Å². The molecule has 1 heterocycles. The molecule has 0 aliphatic heterocycles. The van der Waals surface area contributed by atoms with Crippen LogP contribution in [0.25, 0.3) is 11.3 Å². The zero-order valence-corrected chi connectivity index (χ0v) is 12.1. The molecule has 21 heavy (non-hydrogen) atoms. The van der Waals surface area contributed by atoms with Gasteiger partial charge in [-0.05, 0) is 32.4 Å². The number of H-pyrrole nitrogens is 1. The number of nitrogens with one attached hydrogen (secondary N) is 2. The van der Waals surface area contributed by atoms with Crippen molar-refractivity contribution in [2.45, 2.75) is 26.8 Å². The van der Waals surface area contributed by atoms with Crippen molar-refractivity contribution >= 4 is 11.9 Å². The van der Waals surface area contributed by atoms with Gasteiger partial charge in [0.2, 0.25) is 0 Å². The number of aromatic amines is 1. The predicted molar refractivity (Wildman–Crippen MR) is 78.1 cm³/mol. The number of aliphatic carboxylic acids is 1. The highest BCUT2D eigenvalue weighted by Crippen LogP contribution is 2.22. The van der Waals surface area contributed by atoms with Crippen molar-refractivity contribution in [1.29, 1.82) is 0 Å². The SMILES string of the molecule is Cc1ccc(-c2cc(C(=O)NC(C)C(=O)O)[nH]n2)c(C)c1. The van der Waals surface area contributed by atoms with Crippen molar-refractivity contribution in [3.8, 4) is 11.3 Å². The van der Waals surface area contributed by atoms with E-state index in [1.807, 2.05) is 32.0 Å². The van der Waals surface area contributed by atoms with E-state index in [2.05, 4.69) is 15.5 Å². The molecule has 1 atom stereocenters. The minimum absolute atomic E-state index is 0.234. The van der Waals surface area contributed by atoms with Crippen LogP contribution in [0.15, 0.2) is 24.3 Å². The second-order valence-corrected chi connectivity index (χ2v) is 5.02. The summed E-state index contributed by atoms with van der Waals surface area (Å²) < 4.78 is 0. The summed E-state index contributed by atoms with van der Waals surface area (Å²) in [5.74, 6) is -1.58. The first-order valence-corrected chi connectivity index (χ1v) is 6.55. The molecular weight excluding hydrogens is 270 g/mol. The Bertz CT molecular complexity index is 691. The zero-order valence-electron chi connectivity index (χ0n) is 12.1. The van der Waals surface area contributed by atoms with E-state index < -0.39 is 17.9 Å². The first-order valence-electron chi connectivity index (χ1n) is 6.55. The molecule has 110 valence electrons. The first kappa shape index (κ1) is 14.8. The molecule has 0 saturated carbocycles. The van der Waals surface area contributed by atoms with Gasteiger partial charge in [-0.15, -0.1) is 0 Å². The van der Waals surface area contributed by atoms with Crippen molar-refractivity contribution in [2.75, 3.05) is 0 Å². The van der Waals surface area contributed by atoms with E-state index in [0.29, 0.717) is 5.69 Å². The monoisotopic (exact) mass is 287 g/mol. The summed E-state index contributed by atoms with van der Waals surface area (Å²) in [6, 6.07) is 6.62. The fourth-order valence-electron chi connectivity index (χ4n) is 2.01. The number of aromatic nitrogens is 2. The molecule has 1 aromatic heterocycles. The van der Waals surface area contributed by atoms with E-state index in [1.165, 1.54) is 6.92 Å². The molecule has 0 radical (unpaired) electrons. The first-order chi connectivity index (χ1) is 9.88. The number of hydrogen-bond donors (Lipinski definition) is 3. The van der Waals surface area contributed by atoms with Gasteiger partial charge in [0.1, 0.15) is 11.7 Å². The zero-order chi connectivity index (χ0) is 15.6. The Labute approximate surface area is 122 Å². The third kappa shape index (κ3) is 3.28. The van der Waals surface area contributed by atoms with E-state index in [-0.39, 0.29) is 5.69 Å². The Hall–Kier alpha value is -2.63. The number of carboxylic acid groups (broad SMARTS) is 1. The van der Waals surface area contributed by atoms with E-state index in [9.17, 15) is 9.59 Å². The maximum absolute atomic E-state index is 11.9. The molecule has 0 aliphatic carbocycles. The summed E-state index contributed by atoms with van der Waals surface area (Å²) in [5.41, 5.74) is 4.04. The highest BCUT2D eigenvalue weighted by Gasteiger charge is 2.17. The number of nitrogens with zero attached hydrogens (tertiary/aromatic N) is 1. The van der Waals surface area contributed by atoms with E-state index in [4.69, 9.17) is 5.11 Å². The van der Waals surface area contributed by atoms with Crippen molar-refractivity contribution in [3.63, 3.8) is 0 Å². The summed E-state index contributed by atoms with van der Waals surface area (Å²) >= 11 is 0. The van der Waals surface area contributed by atoms with Gasteiger partial charge in [0.05, 0.1) is 5.69 Å². The van der Waals surface area contributed by atoms with Crippen LogP contribution in [-0.2, 0) is 4.79 Å². The van der Waals surface area contributed by atoms with Crippen LogP contribution in [0.3, 0.4) is 0 Å². The molecule has 6 nitrogen and oxygen atoms in total. The van der Waals surface area contributed by atoms with Crippen molar-refractivity contribution < 1.29 is 14.7 Å². The quantitative estimate of drug-likeness (QED) is 0.800. The van der Waals surface area contributed by atoms with Crippen LogP contribution in [0, 0.1) is 13.8 Å². The molecule has 0 saturated heterocycles. The fourth-order valence-corrected chi connectivity index (χ4v) is 2.01. The van der Waals surface area contributed by atoms with Crippen LogP contribution in [-0.4, -0.2) is 33.2 Å². The molecule has 0 aliphatic rings. The van der Waals surface area contributed by atoms with Crippen LogP contribution in [0.2, 0.25) is 0 Å². The average Bonchev–Trinajstić information content (AvgIpc) is 2.87. The van der Waals surface area contributed by atoms with Crippen LogP contribution < -0.4 is 5.32 Å². The van der Waals surface area contributed by atoms with Crippen LogP contribution in [0.5, 0.6) is 0 Å². The van der Waals surface area contributed by atoms with Gasteiger partial charge in [0, 0.05) is 5.56 Å². The number of rotatable bonds is 4. The molecule has 2 aromatic rings. The predicted octanol–water partition coefficient (Wildman–Crippen LogP) is 1.90. The fraction of sp³-hybridized carbons (Fsp3) is 0.267. The Morgan fingerprint density at radius 3 is 2.62 bits per heavy atom. The molecular formula is C15H17N3O3. The normalized spacial score (nSPS) is 12.0. The molecule has 0 fully saturated rings. The molecule has 1 aromatic carbocycles. The van der Waals surface area contributed by atoms with E-state index >= 15 is 0 Å². The summed E-state index contributed by atoms with van der Waals surface area (Å²) in [6.45, 7) is 5.39. The van der Waals surface area contributed by atoms with Crippen molar-refractivity contribution in [2.24, 2.45) is 0 Å². The van der Waals surface area contributed by atoms with Crippen LogP contribution >= 0.6 is 0 Å². The highest BCUT2D eigenvalue weighted by atomic mass is 16.4. The maximum Gasteiger partial charge on any atom is 0.325 e. The van der Waals surface area contributed by atoms with Gasteiger partial charge in [-0.25, -0.2) is 0 Å². The van der Waals surface area contributed by atoms with Gasteiger partial charge in [0.15, 0.2) is 0 Å². The third-order valence-electron chi connectivity index (χ3n) is 3.20. The minimum Gasteiger partial charge on any atom is -0.480 e. The second-order valence-electron chi connectivity index (χ2n) is 5.02. The lowest BCUT2D eigenvalue weighted by Crippen LogP contribution is -2.38. The number of amides is 1. The molecule has 2 rings (SSSR count). The molecule has 3 N–H and O–H groups in total. The number of carboxylic acids is 1. The number of carbonyl (C=O) groups excluding carboxylic acids is 1. The summed E-state index contributed by atoms with van der Waals surface area (Å²) in [5, 5.41) is 17.9. The average molecular weight is 287 g/mol. The van der Waals surface area contributed by atoms with E-state index in [1.54, 1.807) is 6.07 Å². The highest BCUT2D eigenvalue weighted by molar-refractivity contribution is 5.95. The Morgan fingerprint density at radius 2 is 2.00 bits per heavy atom. The van der Waals surface area contributed by atoms with Crippen LogP contribution in [0.4, 0.5) is 0 Å². The van der Waals surface area contributed by atoms with Crippen molar-refractivity contribution in [3.05, 3.63) is 41.1 Å². The van der Waals surface area contributed by atoms with Gasteiger partial charge in [-0.3, -0.25) is 14.7 Å². The molecule has 6 heteroatoms. The van der Waals surface area contributed by atoms with Gasteiger partial charge in [-0.1, -0.05) is 23.8 Å². The summed E-state index contributed by atoms with van der Waals surface area (Å²) in [7, 11) is 0. The summed E-state index contributed by atoms with van der Waals surface area (Å²) in [6.07, 6.45) is 0. The molecule has 0 spiro atoms. The molecule has 1 amide bonds. The lowest BCUT2D eigenvalue weighted by Gasteiger charge is -2.07. The topological polar surface area (TPSA) is 95.1 Å². The van der Waals surface area contributed by atoms with Crippen LogP contribution in [0.1, 0.15) is 28.5 Å². The van der Waals surface area contributed by atoms with Crippen molar-refractivity contribution in [1.82, 2.24) is 15.5 Å². The second kappa shape index (κ2) is 5.78. The van der Waals surface area contributed by atoms with Gasteiger partial charge < -0.3 is 10.4 Å². The van der Waals surface area contributed by atoms with Gasteiger partial charge >= 0.3 is 5.97 Å². The smallest absolute Gasteiger partial charge is 0.325 e. The Balaban J connectivity index is 2.21. The number of benzene rings is 1. The lowest BCUT2D eigenvalue weighted by atomic mass is 10.0. The standard InChI is InChI=1S/C15H17N3O3/c1-8-4-5-11(9(2)6-8)12-7-13(18-17-12)14(19)16-10(3)15(20)21/h4-7,10H,1-3H3,(H,16,19)(H,17,18)(H,20,21).